The van der Waals surface area contributed by atoms with Crippen LogP contribution < -0.4 is 5.32 Å². The van der Waals surface area contributed by atoms with Crippen LogP contribution >= 0.6 is 0 Å². The molecule has 0 aliphatic carbocycles. The molecule has 2 heterocycles. The summed E-state index contributed by atoms with van der Waals surface area (Å²) in [7, 11) is 0. The van der Waals surface area contributed by atoms with Crippen LogP contribution in [0.5, 0.6) is 0 Å². The second kappa shape index (κ2) is 5.70. The van der Waals surface area contributed by atoms with Gasteiger partial charge in [-0.3, -0.25) is 4.98 Å². The third-order valence-corrected chi connectivity index (χ3v) is 3.71. The highest BCUT2D eigenvalue weighted by atomic mass is 16.3. The predicted octanol–water partition coefficient (Wildman–Crippen LogP) is 4.14. The molecular formula is C18H20N2O. The van der Waals surface area contributed by atoms with Gasteiger partial charge in [-0.1, -0.05) is 25.1 Å². The van der Waals surface area contributed by atoms with Crippen molar-refractivity contribution in [2.75, 3.05) is 6.54 Å². The van der Waals surface area contributed by atoms with Crippen molar-refractivity contribution in [3.05, 3.63) is 65.2 Å². The molecule has 0 saturated carbocycles. The third-order valence-electron chi connectivity index (χ3n) is 3.71. The van der Waals surface area contributed by atoms with Gasteiger partial charge >= 0.3 is 0 Å². The molecule has 0 fully saturated rings. The Balaban J connectivity index is 2.09. The van der Waals surface area contributed by atoms with Gasteiger partial charge in [0.25, 0.3) is 0 Å². The lowest BCUT2D eigenvalue weighted by atomic mass is 10.0. The van der Waals surface area contributed by atoms with Crippen LogP contribution in [0.15, 0.2) is 47.0 Å². The number of rotatable bonds is 4. The van der Waals surface area contributed by atoms with E-state index >= 15 is 0 Å². The molecule has 3 rings (SSSR count). The Hall–Kier alpha value is -2.13. The summed E-state index contributed by atoms with van der Waals surface area (Å²) in [5.41, 5.74) is 4.34. The largest absolute Gasteiger partial charge is 0.459 e. The molecule has 0 radical (unpaired) electrons. The van der Waals surface area contributed by atoms with Crippen molar-refractivity contribution < 1.29 is 4.42 Å². The highest BCUT2D eigenvalue weighted by Gasteiger charge is 2.18. The average molecular weight is 280 g/mol. The van der Waals surface area contributed by atoms with Gasteiger partial charge in [-0.05, 0) is 49.7 Å². The Morgan fingerprint density at radius 2 is 2.05 bits per heavy atom. The Kier molecular flexibility index (Phi) is 3.76. The zero-order valence-electron chi connectivity index (χ0n) is 12.7. The maximum atomic E-state index is 6.12. The molecule has 0 amide bonds. The molecule has 0 aliphatic heterocycles. The SMILES string of the molecule is CCNC(c1ccnc(C)c1)c1cc2cccc(C)c2o1. The molecule has 3 heteroatoms. The Morgan fingerprint density at radius 3 is 2.76 bits per heavy atom. The molecule has 1 N–H and O–H groups in total. The number of aromatic nitrogens is 1. The third kappa shape index (κ3) is 2.69. The number of nitrogens with one attached hydrogen (secondary N) is 1. The number of para-hydroxylation sites is 1. The van der Waals surface area contributed by atoms with Crippen LogP contribution in [0, 0.1) is 13.8 Å². The van der Waals surface area contributed by atoms with Gasteiger partial charge in [0, 0.05) is 17.3 Å². The van der Waals surface area contributed by atoms with Crippen LogP contribution in [0.3, 0.4) is 0 Å². The van der Waals surface area contributed by atoms with Crippen LogP contribution in [0.1, 0.15) is 35.5 Å². The highest BCUT2D eigenvalue weighted by Crippen LogP contribution is 2.29. The van der Waals surface area contributed by atoms with E-state index in [1.165, 1.54) is 11.1 Å². The van der Waals surface area contributed by atoms with Crippen molar-refractivity contribution in [2.45, 2.75) is 26.8 Å². The number of hydrogen-bond acceptors (Lipinski definition) is 3. The first kappa shape index (κ1) is 13.8. The summed E-state index contributed by atoms with van der Waals surface area (Å²) in [5, 5.41) is 4.65. The molecular weight excluding hydrogens is 260 g/mol. The fraction of sp³-hybridized carbons (Fsp3) is 0.278. The monoisotopic (exact) mass is 280 g/mol. The van der Waals surface area contributed by atoms with E-state index in [1.807, 2.05) is 19.2 Å². The zero-order chi connectivity index (χ0) is 14.8. The molecule has 1 aromatic carbocycles. The first-order chi connectivity index (χ1) is 10.2. The van der Waals surface area contributed by atoms with E-state index in [1.54, 1.807) is 0 Å². The van der Waals surface area contributed by atoms with Crippen molar-refractivity contribution in [3.8, 4) is 0 Å². The quantitative estimate of drug-likeness (QED) is 0.780. The molecule has 1 atom stereocenters. The first-order valence-corrected chi connectivity index (χ1v) is 7.34. The van der Waals surface area contributed by atoms with Gasteiger partial charge in [0.05, 0.1) is 6.04 Å². The van der Waals surface area contributed by atoms with Crippen molar-refractivity contribution in [2.24, 2.45) is 0 Å². The van der Waals surface area contributed by atoms with E-state index in [4.69, 9.17) is 4.42 Å². The number of fused-ring (bicyclic) bond motifs is 1. The number of furan rings is 1. The molecule has 1 unspecified atom stereocenters. The van der Waals surface area contributed by atoms with E-state index in [0.717, 1.165) is 29.0 Å². The maximum Gasteiger partial charge on any atom is 0.137 e. The number of pyridine rings is 1. The minimum absolute atomic E-state index is 0.0588. The van der Waals surface area contributed by atoms with Gasteiger partial charge in [0.2, 0.25) is 0 Å². The van der Waals surface area contributed by atoms with Gasteiger partial charge in [0.15, 0.2) is 0 Å². The molecule has 21 heavy (non-hydrogen) atoms. The lowest BCUT2D eigenvalue weighted by molar-refractivity contribution is 0.476. The summed E-state index contributed by atoms with van der Waals surface area (Å²) in [6.07, 6.45) is 1.85. The second-order valence-electron chi connectivity index (χ2n) is 5.36. The van der Waals surface area contributed by atoms with Crippen molar-refractivity contribution in [3.63, 3.8) is 0 Å². The minimum atomic E-state index is 0.0588. The number of aryl methyl sites for hydroxylation is 2. The van der Waals surface area contributed by atoms with Crippen molar-refractivity contribution in [1.82, 2.24) is 10.3 Å². The summed E-state index contributed by atoms with van der Waals surface area (Å²) in [6.45, 7) is 7.07. The number of benzene rings is 1. The lowest BCUT2D eigenvalue weighted by Crippen LogP contribution is -2.21. The summed E-state index contributed by atoms with van der Waals surface area (Å²) < 4.78 is 6.12. The highest BCUT2D eigenvalue weighted by molar-refractivity contribution is 5.81. The van der Waals surface area contributed by atoms with E-state index in [0.29, 0.717) is 0 Å². The van der Waals surface area contributed by atoms with Crippen LogP contribution in [0.25, 0.3) is 11.0 Å². The van der Waals surface area contributed by atoms with Crippen LogP contribution in [0.2, 0.25) is 0 Å². The molecule has 0 aliphatic rings. The molecule has 0 bridgehead atoms. The average Bonchev–Trinajstić information content (AvgIpc) is 2.90. The fourth-order valence-corrected chi connectivity index (χ4v) is 2.70. The van der Waals surface area contributed by atoms with E-state index in [-0.39, 0.29) is 6.04 Å². The normalized spacial score (nSPS) is 12.7. The van der Waals surface area contributed by atoms with Gasteiger partial charge in [-0.2, -0.15) is 0 Å². The molecule has 0 spiro atoms. The van der Waals surface area contributed by atoms with Crippen molar-refractivity contribution >= 4 is 11.0 Å². The summed E-state index contributed by atoms with van der Waals surface area (Å²) in [5.74, 6) is 0.951. The summed E-state index contributed by atoms with van der Waals surface area (Å²) in [6, 6.07) is 12.6. The maximum absolute atomic E-state index is 6.12. The number of nitrogens with zero attached hydrogens (tertiary/aromatic N) is 1. The minimum Gasteiger partial charge on any atom is -0.459 e. The lowest BCUT2D eigenvalue weighted by Gasteiger charge is -2.16. The smallest absolute Gasteiger partial charge is 0.137 e. The molecule has 108 valence electrons. The molecule has 0 saturated heterocycles. The van der Waals surface area contributed by atoms with E-state index in [9.17, 15) is 0 Å². The second-order valence-corrected chi connectivity index (χ2v) is 5.36. The Labute approximate surface area is 125 Å². The van der Waals surface area contributed by atoms with Crippen molar-refractivity contribution in [1.29, 1.82) is 0 Å². The van der Waals surface area contributed by atoms with Gasteiger partial charge in [-0.25, -0.2) is 0 Å². The molecule has 3 nitrogen and oxygen atoms in total. The molecule has 3 aromatic rings. The Bertz CT molecular complexity index is 761. The van der Waals surface area contributed by atoms with Gasteiger partial charge in [0.1, 0.15) is 11.3 Å². The summed E-state index contributed by atoms with van der Waals surface area (Å²) >= 11 is 0. The summed E-state index contributed by atoms with van der Waals surface area (Å²) in [4.78, 5) is 4.27. The van der Waals surface area contributed by atoms with Crippen LogP contribution in [-0.2, 0) is 0 Å². The van der Waals surface area contributed by atoms with E-state index < -0.39 is 0 Å². The van der Waals surface area contributed by atoms with Crippen LogP contribution in [0.4, 0.5) is 0 Å². The Morgan fingerprint density at radius 1 is 1.19 bits per heavy atom. The number of hydrogen-bond donors (Lipinski definition) is 1. The van der Waals surface area contributed by atoms with E-state index in [2.05, 4.69) is 54.5 Å². The standard InChI is InChI=1S/C18H20N2O/c1-4-19-17(14-8-9-20-13(3)10-14)16-11-15-7-5-6-12(2)18(15)21-16/h5-11,17,19H,4H2,1-3H3. The molecule has 2 aromatic heterocycles. The fourth-order valence-electron chi connectivity index (χ4n) is 2.70. The van der Waals surface area contributed by atoms with Gasteiger partial charge < -0.3 is 9.73 Å². The predicted molar refractivity (Wildman–Crippen MR) is 85.4 cm³/mol. The van der Waals surface area contributed by atoms with Crippen LogP contribution in [-0.4, -0.2) is 11.5 Å². The zero-order valence-corrected chi connectivity index (χ0v) is 12.7. The topological polar surface area (TPSA) is 38.1 Å². The first-order valence-electron chi connectivity index (χ1n) is 7.34. The van der Waals surface area contributed by atoms with Gasteiger partial charge in [-0.15, -0.1) is 0 Å².